The molecule has 1 heterocycles. The minimum absolute atomic E-state index is 0.0240. The van der Waals surface area contributed by atoms with Crippen molar-refractivity contribution < 1.29 is 18.0 Å². The highest BCUT2D eigenvalue weighted by molar-refractivity contribution is 5.79. The molecule has 0 spiro atoms. The van der Waals surface area contributed by atoms with E-state index >= 15 is 0 Å². The van der Waals surface area contributed by atoms with Crippen molar-refractivity contribution in [3.8, 4) is 0 Å². The number of rotatable bonds is 3. The molecule has 2 rings (SSSR count). The van der Waals surface area contributed by atoms with E-state index in [0.717, 1.165) is 25.9 Å². The van der Waals surface area contributed by atoms with E-state index in [2.05, 4.69) is 5.32 Å². The van der Waals surface area contributed by atoms with Crippen LogP contribution >= 0.6 is 0 Å². The summed E-state index contributed by atoms with van der Waals surface area (Å²) >= 11 is 0. The molecule has 0 aromatic carbocycles. The van der Waals surface area contributed by atoms with Gasteiger partial charge in [0.1, 0.15) is 0 Å². The van der Waals surface area contributed by atoms with Crippen LogP contribution in [0.1, 0.15) is 45.4 Å². The Hall–Kier alpha value is -0.780. The normalized spacial score (nSPS) is 28.4. The first-order valence-corrected chi connectivity index (χ1v) is 8.01. The molecule has 122 valence electrons. The molecule has 1 aliphatic heterocycles. The van der Waals surface area contributed by atoms with Crippen molar-refractivity contribution in [2.24, 2.45) is 11.8 Å². The van der Waals surface area contributed by atoms with Gasteiger partial charge < -0.3 is 10.2 Å². The number of carbonyl (C=O) groups is 1. The van der Waals surface area contributed by atoms with Crippen LogP contribution in [0.3, 0.4) is 0 Å². The minimum Gasteiger partial charge on any atom is -0.340 e. The monoisotopic (exact) mass is 306 g/mol. The maximum atomic E-state index is 12.9. The zero-order chi connectivity index (χ0) is 15.5. The number of piperidine rings is 1. The number of nitrogens with zero attached hydrogens (tertiary/aromatic N) is 1. The second-order valence-electron chi connectivity index (χ2n) is 6.21. The predicted octanol–water partition coefficient (Wildman–Crippen LogP) is 2.96. The van der Waals surface area contributed by atoms with Gasteiger partial charge in [0.25, 0.3) is 0 Å². The van der Waals surface area contributed by atoms with Gasteiger partial charge in [-0.25, -0.2) is 0 Å². The van der Waals surface area contributed by atoms with Gasteiger partial charge in [-0.15, -0.1) is 0 Å². The Bertz CT molecular complexity index is 353. The van der Waals surface area contributed by atoms with Gasteiger partial charge in [0.2, 0.25) is 5.91 Å². The van der Waals surface area contributed by atoms with E-state index in [4.69, 9.17) is 0 Å². The van der Waals surface area contributed by atoms with Crippen molar-refractivity contribution in [3.05, 3.63) is 0 Å². The van der Waals surface area contributed by atoms with Gasteiger partial charge in [0, 0.05) is 18.5 Å². The van der Waals surface area contributed by atoms with Crippen molar-refractivity contribution in [2.45, 2.75) is 57.7 Å². The molecule has 2 aliphatic rings. The summed E-state index contributed by atoms with van der Waals surface area (Å²) in [5.41, 5.74) is 0. The summed E-state index contributed by atoms with van der Waals surface area (Å²) < 4.78 is 38.6. The molecule has 2 unspecified atom stereocenters. The van der Waals surface area contributed by atoms with Gasteiger partial charge in [0.05, 0.1) is 5.92 Å². The van der Waals surface area contributed by atoms with Crippen molar-refractivity contribution in [2.75, 3.05) is 19.6 Å². The summed E-state index contributed by atoms with van der Waals surface area (Å²) in [4.78, 5) is 14.5. The Morgan fingerprint density at radius 2 is 1.86 bits per heavy atom. The zero-order valence-corrected chi connectivity index (χ0v) is 12.6. The van der Waals surface area contributed by atoms with Crippen LogP contribution in [0.25, 0.3) is 0 Å². The number of hydrogen-bond donors (Lipinski definition) is 1. The summed E-state index contributed by atoms with van der Waals surface area (Å²) in [5, 5.41) is 3.25. The third-order valence-corrected chi connectivity index (χ3v) is 4.86. The SMILES string of the molecule is CCN(C(=O)C1CCCC(C(F)(F)F)C1)C1CCNCC1. The third kappa shape index (κ3) is 4.11. The lowest BCUT2D eigenvalue weighted by molar-refractivity contribution is -0.187. The van der Waals surface area contributed by atoms with Crippen LogP contribution in [-0.2, 0) is 4.79 Å². The Balaban J connectivity index is 1.99. The minimum atomic E-state index is -4.16. The molecule has 3 nitrogen and oxygen atoms in total. The van der Waals surface area contributed by atoms with Gasteiger partial charge in [-0.3, -0.25) is 4.79 Å². The van der Waals surface area contributed by atoms with Crippen LogP contribution in [0.5, 0.6) is 0 Å². The zero-order valence-electron chi connectivity index (χ0n) is 12.6. The molecule has 1 saturated carbocycles. The van der Waals surface area contributed by atoms with Crippen LogP contribution < -0.4 is 5.32 Å². The van der Waals surface area contributed by atoms with E-state index < -0.39 is 18.0 Å². The molecule has 0 aromatic rings. The first-order valence-electron chi connectivity index (χ1n) is 8.01. The van der Waals surface area contributed by atoms with Crippen LogP contribution in [-0.4, -0.2) is 42.7 Å². The highest BCUT2D eigenvalue weighted by Gasteiger charge is 2.44. The second kappa shape index (κ2) is 6.99. The first-order chi connectivity index (χ1) is 9.93. The number of amides is 1. The van der Waals surface area contributed by atoms with Crippen LogP contribution in [0.4, 0.5) is 13.2 Å². The summed E-state index contributed by atoms with van der Waals surface area (Å²) in [6.07, 6.45) is -1.11. The highest BCUT2D eigenvalue weighted by atomic mass is 19.4. The largest absolute Gasteiger partial charge is 0.391 e. The van der Waals surface area contributed by atoms with E-state index in [0.29, 0.717) is 19.4 Å². The molecule has 2 atom stereocenters. The van der Waals surface area contributed by atoms with Crippen LogP contribution in [0.15, 0.2) is 0 Å². The van der Waals surface area contributed by atoms with E-state index in [-0.39, 0.29) is 24.8 Å². The molecular formula is C15H25F3N2O. The van der Waals surface area contributed by atoms with Crippen LogP contribution in [0.2, 0.25) is 0 Å². The van der Waals surface area contributed by atoms with Crippen molar-refractivity contribution in [3.63, 3.8) is 0 Å². The molecule has 21 heavy (non-hydrogen) atoms. The predicted molar refractivity (Wildman–Crippen MR) is 74.8 cm³/mol. The van der Waals surface area contributed by atoms with Crippen molar-refractivity contribution in [1.82, 2.24) is 10.2 Å². The highest BCUT2D eigenvalue weighted by Crippen LogP contribution is 2.40. The average molecular weight is 306 g/mol. The molecule has 0 radical (unpaired) electrons. The Morgan fingerprint density at radius 3 is 2.43 bits per heavy atom. The van der Waals surface area contributed by atoms with E-state index in [9.17, 15) is 18.0 Å². The van der Waals surface area contributed by atoms with Gasteiger partial charge >= 0.3 is 6.18 Å². The average Bonchev–Trinajstić information content (AvgIpc) is 2.48. The molecular weight excluding hydrogens is 281 g/mol. The maximum absolute atomic E-state index is 12.9. The fourth-order valence-electron chi connectivity index (χ4n) is 3.66. The van der Waals surface area contributed by atoms with E-state index in [1.165, 1.54) is 0 Å². The fourth-order valence-corrected chi connectivity index (χ4v) is 3.66. The lowest BCUT2D eigenvalue weighted by atomic mass is 9.80. The van der Waals surface area contributed by atoms with Crippen molar-refractivity contribution in [1.29, 1.82) is 0 Å². The van der Waals surface area contributed by atoms with Crippen LogP contribution in [0, 0.1) is 11.8 Å². The van der Waals surface area contributed by atoms with Crippen molar-refractivity contribution >= 4 is 5.91 Å². The molecule has 0 aromatic heterocycles. The number of carbonyl (C=O) groups excluding carboxylic acids is 1. The molecule has 1 N–H and O–H groups in total. The Kier molecular flexibility index (Phi) is 5.52. The lowest BCUT2D eigenvalue weighted by Gasteiger charge is -2.38. The summed E-state index contributed by atoms with van der Waals surface area (Å²) in [6, 6.07) is 0.190. The third-order valence-electron chi connectivity index (χ3n) is 4.86. The molecule has 2 fully saturated rings. The van der Waals surface area contributed by atoms with E-state index in [1.807, 2.05) is 11.8 Å². The maximum Gasteiger partial charge on any atom is 0.391 e. The standard InChI is InChI=1S/C15H25F3N2O/c1-2-20(13-6-8-19-9-7-13)14(21)11-4-3-5-12(10-11)15(16,17)18/h11-13,19H,2-10H2,1H3. The summed E-state index contributed by atoms with van der Waals surface area (Å²) in [5.74, 6) is -1.80. The summed E-state index contributed by atoms with van der Waals surface area (Å²) in [6.45, 7) is 4.27. The molecule has 0 bridgehead atoms. The first kappa shape index (κ1) is 16.6. The smallest absolute Gasteiger partial charge is 0.340 e. The topological polar surface area (TPSA) is 32.3 Å². The number of alkyl halides is 3. The second-order valence-corrected chi connectivity index (χ2v) is 6.21. The molecule has 1 saturated heterocycles. The quantitative estimate of drug-likeness (QED) is 0.869. The fraction of sp³-hybridized carbons (Fsp3) is 0.933. The molecule has 6 heteroatoms. The Labute approximate surface area is 124 Å². The summed E-state index contributed by atoms with van der Waals surface area (Å²) in [7, 11) is 0. The van der Waals surface area contributed by atoms with Gasteiger partial charge in [0.15, 0.2) is 0 Å². The molecule has 1 amide bonds. The Morgan fingerprint density at radius 1 is 1.19 bits per heavy atom. The van der Waals surface area contributed by atoms with Gasteiger partial charge in [-0.2, -0.15) is 13.2 Å². The van der Waals surface area contributed by atoms with E-state index in [1.54, 1.807) is 0 Å². The molecule has 1 aliphatic carbocycles. The number of halogens is 3. The number of hydrogen-bond acceptors (Lipinski definition) is 2. The van der Waals surface area contributed by atoms with Gasteiger partial charge in [-0.1, -0.05) is 6.42 Å². The number of nitrogens with one attached hydrogen (secondary N) is 1. The van der Waals surface area contributed by atoms with Gasteiger partial charge in [-0.05, 0) is 52.1 Å². The lowest BCUT2D eigenvalue weighted by Crippen LogP contribution is -2.49.